The summed E-state index contributed by atoms with van der Waals surface area (Å²) in [4.78, 5) is 11.9. The molecule has 0 aliphatic heterocycles. The second kappa shape index (κ2) is 4.24. The molecular weight excluding hydrogens is 247 g/mol. The van der Waals surface area contributed by atoms with Crippen LogP contribution in [0, 0.1) is 5.82 Å². The van der Waals surface area contributed by atoms with Gasteiger partial charge in [-0.15, -0.1) is 0 Å². The zero-order chi connectivity index (χ0) is 13.4. The molecule has 3 nitrogen and oxygen atoms in total. The van der Waals surface area contributed by atoms with E-state index in [0.29, 0.717) is 16.7 Å². The number of fused-ring (bicyclic) bond motifs is 1. The SMILES string of the molecule is O=c1cc(-c2ccc(O)cc2)oc2cc(F)ccc12. The van der Waals surface area contributed by atoms with Gasteiger partial charge in [-0.2, -0.15) is 0 Å². The molecule has 0 saturated heterocycles. The van der Waals surface area contributed by atoms with Crippen molar-refractivity contribution in [3.8, 4) is 17.1 Å². The molecule has 0 radical (unpaired) electrons. The number of phenolic OH excluding ortho intramolecular Hbond substituents is 1. The molecule has 0 saturated carbocycles. The van der Waals surface area contributed by atoms with E-state index in [1.165, 1.54) is 36.4 Å². The summed E-state index contributed by atoms with van der Waals surface area (Å²) in [6.07, 6.45) is 0. The lowest BCUT2D eigenvalue weighted by atomic mass is 10.1. The lowest BCUT2D eigenvalue weighted by molar-refractivity contribution is 0.475. The van der Waals surface area contributed by atoms with Crippen molar-refractivity contribution in [3.05, 3.63) is 64.6 Å². The van der Waals surface area contributed by atoms with Crippen LogP contribution >= 0.6 is 0 Å². The summed E-state index contributed by atoms with van der Waals surface area (Å²) in [5.74, 6) is -0.000429. The first-order valence-corrected chi connectivity index (χ1v) is 5.66. The lowest BCUT2D eigenvalue weighted by Gasteiger charge is -2.03. The van der Waals surface area contributed by atoms with Crippen molar-refractivity contribution in [2.45, 2.75) is 0 Å². The Labute approximate surface area is 107 Å². The number of hydrogen-bond donors (Lipinski definition) is 1. The zero-order valence-electron chi connectivity index (χ0n) is 9.76. The quantitative estimate of drug-likeness (QED) is 0.726. The van der Waals surface area contributed by atoms with Crippen molar-refractivity contribution in [2.24, 2.45) is 0 Å². The van der Waals surface area contributed by atoms with Crippen LogP contribution in [0.15, 0.2) is 57.7 Å². The van der Waals surface area contributed by atoms with E-state index in [2.05, 4.69) is 0 Å². The van der Waals surface area contributed by atoms with Gasteiger partial charge in [-0.1, -0.05) is 0 Å². The highest BCUT2D eigenvalue weighted by molar-refractivity contribution is 5.78. The smallest absolute Gasteiger partial charge is 0.193 e. The minimum Gasteiger partial charge on any atom is -0.508 e. The highest BCUT2D eigenvalue weighted by Crippen LogP contribution is 2.24. The van der Waals surface area contributed by atoms with Crippen molar-refractivity contribution < 1.29 is 13.9 Å². The molecular formula is C15H9FO3. The van der Waals surface area contributed by atoms with Crippen LogP contribution < -0.4 is 5.43 Å². The van der Waals surface area contributed by atoms with E-state index in [9.17, 15) is 14.3 Å². The first-order valence-electron chi connectivity index (χ1n) is 5.66. The van der Waals surface area contributed by atoms with Crippen molar-refractivity contribution >= 4 is 11.0 Å². The van der Waals surface area contributed by atoms with Crippen LogP contribution in [0.4, 0.5) is 4.39 Å². The molecule has 0 aliphatic rings. The molecule has 0 fully saturated rings. The van der Waals surface area contributed by atoms with E-state index in [1.54, 1.807) is 12.1 Å². The summed E-state index contributed by atoms with van der Waals surface area (Å²) in [5, 5.41) is 9.56. The van der Waals surface area contributed by atoms with Gasteiger partial charge in [0.25, 0.3) is 0 Å². The first-order chi connectivity index (χ1) is 9.13. The maximum atomic E-state index is 13.2. The Morgan fingerprint density at radius 1 is 1.00 bits per heavy atom. The van der Waals surface area contributed by atoms with Crippen LogP contribution in [0.3, 0.4) is 0 Å². The standard InChI is InChI=1S/C15H9FO3/c16-10-3-6-12-13(18)8-14(19-15(12)7-10)9-1-4-11(17)5-2-9/h1-8,17H. The molecule has 1 N–H and O–H groups in total. The third-order valence-corrected chi connectivity index (χ3v) is 2.84. The fourth-order valence-electron chi connectivity index (χ4n) is 1.90. The van der Waals surface area contributed by atoms with E-state index >= 15 is 0 Å². The van der Waals surface area contributed by atoms with Crippen LogP contribution in [0.1, 0.15) is 0 Å². The molecule has 3 rings (SSSR count). The summed E-state index contributed by atoms with van der Waals surface area (Å²) in [5.41, 5.74) is 0.612. The van der Waals surface area contributed by atoms with Gasteiger partial charge in [0.05, 0.1) is 5.39 Å². The molecule has 0 unspecified atom stereocenters. The van der Waals surface area contributed by atoms with Gasteiger partial charge < -0.3 is 9.52 Å². The Bertz CT molecular complexity index is 804. The highest BCUT2D eigenvalue weighted by Gasteiger charge is 2.07. The van der Waals surface area contributed by atoms with Crippen molar-refractivity contribution in [3.63, 3.8) is 0 Å². The Balaban J connectivity index is 2.25. The molecule has 0 spiro atoms. The predicted octanol–water partition coefficient (Wildman–Crippen LogP) is 3.30. The van der Waals surface area contributed by atoms with Crippen LogP contribution in [-0.2, 0) is 0 Å². The zero-order valence-corrected chi connectivity index (χ0v) is 9.76. The average molecular weight is 256 g/mol. The minimum absolute atomic E-state index is 0.123. The van der Waals surface area contributed by atoms with Gasteiger partial charge in [-0.25, -0.2) is 4.39 Å². The average Bonchev–Trinajstić information content (AvgIpc) is 2.38. The Hall–Kier alpha value is -2.62. The Morgan fingerprint density at radius 2 is 1.74 bits per heavy atom. The molecule has 1 aromatic heterocycles. The summed E-state index contributed by atoms with van der Waals surface area (Å²) < 4.78 is 18.7. The Kier molecular flexibility index (Phi) is 2.56. The van der Waals surface area contributed by atoms with E-state index < -0.39 is 5.82 Å². The van der Waals surface area contributed by atoms with E-state index in [-0.39, 0.29) is 16.8 Å². The second-order valence-corrected chi connectivity index (χ2v) is 4.16. The third kappa shape index (κ3) is 2.08. The molecule has 0 bridgehead atoms. The fraction of sp³-hybridized carbons (Fsp3) is 0. The van der Waals surface area contributed by atoms with Gasteiger partial charge in [-0.3, -0.25) is 4.79 Å². The number of halogens is 1. The van der Waals surface area contributed by atoms with Gasteiger partial charge in [0.2, 0.25) is 0 Å². The first kappa shape index (κ1) is 11.5. The largest absolute Gasteiger partial charge is 0.508 e. The minimum atomic E-state index is -0.460. The second-order valence-electron chi connectivity index (χ2n) is 4.16. The van der Waals surface area contributed by atoms with Gasteiger partial charge in [0.15, 0.2) is 5.43 Å². The molecule has 0 aliphatic carbocycles. The van der Waals surface area contributed by atoms with Crippen LogP contribution in [0.5, 0.6) is 5.75 Å². The highest BCUT2D eigenvalue weighted by atomic mass is 19.1. The summed E-state index contributed by atoms with van der Waals surface area (Å²) >= 11 is 0. The van der Waals surface area contributed by atoms with Gasteiger partial charge >= 0.3 is 0 Å². The van der Waals surface area contributed by atoms with E-state index in [1.807, 2.05) is 0 Å². The molecule has 94 valence electrons. The monoisotopic (exact) mass is 256 g/mol. The Morgan fingerprint density at radius 3 is 2.47 bits per heavy atom. The topological polar surface area (TPSA) is 50.4 Å². The van der Waals surface area contributed by atoms with Crippen LogP contribution in [-0.4, -0.2) is 5.11 Å². The summed E-state index contributed by atoms with van der Waals surface area (Å²) in [7, 11) is 0. The fourth-order valence-corrected chi connectivity index (χ4v) is 1.90. The molecule has 3 aromatic rings. The van der Waals surface area contributed by atoms with Crippen LogP contribution in [0.25, 0.3) is 22.3 Å². The molecule has 0 atom stereocenters. The van der Waals surface area contributed by atoms with Gasteiger partial charge in [0.1, 0.15) is 22.9 Å². The van der Waals surface area contributed by atoms with Gasteiger partial charge in [-0.05, 0) is 36.4 Å². The molecule has 2 aromatic carbocycles. The predicted molar refractivity (Wildman–Crippen MR) is 69.5 cm³/mol. The van der Waals surface area contributed by atoms with Crippen molar-refractivity contribution in [2.75, 3.05) is 0 Å². The lowest BCUT2D eigenvalue weighted by Crippen LogP contribution is -2.00. The number of benzene rings is 2. The number of hydrogen-bond acceptors (Lipinski definition) is 3. The normalized spacial score (nSPS) is 10.8. The van der Waals surface area contributed by atoms with Crippen molar-refractivity contribution in [1.29, 1.82) is 0 Å². The molecule has 4 heteroatoms. The van der Waals surface area contributed by atoms with Crippen LogP contribution in [0.2, 0.25) is 0 Å². The maximum Gasteiger partial charge on any atom is 0.193 e. The van der Waals surface area contributed by atoms with E-state index in [0.717, 1.165) is 0 Å². The molecule has 0 amide bonds. The van der Waals surface area contributed by atoms with Crippen molar-refractivity contribution in [1.82, 2.24) is 0 Å². The summed E-state index contributed by atoms with van der Waals surface area (Å²) in [6, 6.07) is 11.4. The number of rotatable bonds is 1. The summed E-state index contributed by atoms with van der Waals surface area (Å²) in [6.45, 7) is 0. The van der Waals surface area contributed by atoms with E-state index in [4.69, 9.17) is 4.42 Å². The maximum absolute atomic E-state index is 13.2. The van der Waals surface area contributed by atoms with Gasteiger partial charge in [0, 0.05) is 17.7 Å². The third-order valence-electron chi connectivity index (χ3n) is 2.84. The number of aromatic hydroxyl groups is 1. The molecule has 1 heterocycles. The molecule has 19 heavy (non-hydrogen) atoms. The number of phenols is 1.